The number of rotatable bonds is 2. The van der Waals surface area contributed by atoms with Crippen molar-refractivity contribution in [3.63, 3.8) is 0 Å². The van der Waals surface area contributed by atoms with Crippen molar-refractivity contribution in [3.05, 3.63) is 41.5 Å². The zero-order chi connectivity index (χ0) is 14.4. The maximum absolute atomic E-state index is 11.3. The summed E-state index contributed by atoms with van der Waals surface area (Å²) in [5.74, 6) is 0.497. The van der Waals surface area contributed by atoms with Crippen molar-refractivity contribution >= 4 is 5.97 Å². The first kappa shape index (κ1) is 12.2. The molecule has 1 aromatic carbocycles. The summed E-state index contributed by atoms with van der Waals surface area (Å²) < 4.78 is 10.7. The number of aliphatic carboxylic acids is 1. The Morgan fingerprint density at radius 3 is 3.05 bits per heavy atom. The van der Waals surface area contributed by atoms with E-state index >= 15 is 0 Å². The molecule has 2 unspecified atom stereocenters. The number of fused-ring (bicyclic) bond motifs is 2. The third kappa shape index (κ3) is 1.93. The van der Waals surface area contributed by atoms with Crippen LogP contribution in [-0.4, -0.2) is 33.9 Å². The second-order valence-electron chi connectivity index (χ2n) is 5.07. The normalized spacial score (nSPS) is 22.9. The van der Waals surface area contributed by atoms with Crippen molar-refractivity contribution in [1.82, 2.24) is 15.3 Å². The molecule has 2 aliphatic heterocycles. The standard InChI is InChI=1S/C14H13N3O4/c18-14(19)9-4-8-13(16-5-15-8)12(17-9)7-1-2-10-11(3-7)21-6-20-10/h1-3,5,9,12,17H,4,6H2,(H,15,16)(H,18,19). The Bertz CT molecular complexity index is 712. The molecule has 0 amide bonds. The number of aromatic nitrogens is 2. The number of ether oxygens (including phenoxy) is 2. The number of nitrogens with one attached hydrogen (secondary N) is 2. The average Bonchev–Trinajstić information content (AvgIpc) is 3.13. The van der Waals surface area contributed by atoms with Gasteiger partial charge in [0.2, 0.25) is 6.79 Å². The molecule has 0 bridgehead atoms. The number of benzene rings is 1. The third-order valence-corrected chi connectivity index (χ3v) is 3.83. The van der Waals surface area contributed by atoms with E-state index in [-0.39, 0.29) is 12.8 Å². The molecule has 0 radical (unpaired) electrons. The van der Waals surface area contributed by atoms with Gasteiger partial charge in [0.25, 0.3) is 0 Å². The van der Waals surface area contributed by atoms with Crippen molar-refractivity contribution in [1.29, 1.82) is 0 Å². The molecule has 2 aromatic rings. The van der Waals surface area contributed by atoms with E-state index < -0.39 is 12.0 Å². The van der Waals surface area contributed by atoms with Crippen molar-refractivity contribution in [3.8, 4) is 11.5 Å². The number of carboxylic acid groups (broad SMARTS) is 1. The van der Waals surface area contributed by atoms with E-state index in [9.17, 15) is 9.90 Å². The quantitative estimate of drug-likeness (QED) is 0.757. The van der Waals surface area contributed by atoms with Crippen LogP contribution in [0.3, 0.4) is 0 Å². The summed E-state index contributed by atoms with van der Waals surface area (Å²) in [6, 6.07) is 4.66. The monoisotopic (exact) mass is 287 g/mol. The van der Waals surface area contributed by atoms with Crippen LogP contribution in [0, 0.1) is 0 Å². The van der Waals surface area contributed by atoms with Gasteiger partial charge in [-0.3, -0.25) is 10.1 Å². The largest absolute Gasteiger partial charge is 0.480 e. The Morgan fingerprint density at radius 1 is 1.33 bits per heavy atom. The van der Waals surface area contributed by atoms with Crippen LogP contribution in [0.4, 0.5) is 0 Å². The van der Waals surface area contributed by atoms with Crippen LogP contribution in [0.2, 0.25) is 0 Å². The number of H-pyrrole nitrogens is 1. The second kappa shape index (κ2) is 4.49. The van der Waals surface area contributed by atoms with Gasteiger partial charge in [-0.1, -0.05) is 6.07 Å². The van der Waals surface area contributed by atoms with E-state index in [4.69, 9.17) is 9.47 Å². The van der Waals surface area contributed by atoms with Gasteiger partial charge >= 0.3 is 5.97 Å². The summed E-state index contributed by atoms with van der Waals surface area (Å²) in [7, 11) is 0. The molecule has 0 spiro atoms. The van der Waals surface area contributed by atoms with Crippen LogP contribution in [-0.2, 0) is 11.2 Å². The molecule has 21 heavy (non-hydrogen) atoms. The second-order valence-corrected chi connectivity index (χ2v) is 5.07. The summed E-state index contributed by atoms with van der Waals surface area (Å²) >= 11 is 0. The van der Waals surface area contributed by atoms with Gasteiger partial charge in [0, 0.05) is 12.1 Å². The lowest BCUT2D eigenvalue weighted by molar-refractivity contribution is -0.139. The fraction of sp³-hybridized carbons (Fsp3) is 0.286. The molecule has 0 aliphatic carbocycles. The molecule has 3 N–H and O–H groups in total. The van der Waals surface area contributed by atoms with Gasteiger partial charge in [-0.15, -0.1) is 0 Å². The molecule has 0 saturated carbocycles. The number of hydrogen-bond acceptors (Lipinski definition) is 5. The van der Waals surface area contributed by atoms with Gasteiger partial charge in [0.1, 0.15) is 6.04 Å². The van der Waals surface area contributed by atoms with Crippen LogP contribution in [0.25, 0.3) is 0 Å². The Hall–Kier alpha value is -2.54. The maximum atomic E-state index is 11.3. The van der Waals surface area contributed by atoms with E-state index in [0.29, 0.717) is 17.9 Å². The zero-order valence-electron chi connectivity index (χ0n) is 11.0. The predicted octanol–water partition coefficient (Wildman–Crippen LogP) is 0.827. The highest BCUT2D eigenvalue weighted by Gasteiger charge is 2.33. The highest BCUT2D eigenvalue weighted by atomic mass is 16.7. The van der Waals surface area contributed by atoms with Crippen LogP contribution in [0.5, 0.6) is 11.5 Å². The molecule has 7 heteroatoms. The molecule has 3 heterocycles. The van der Waals surface area contributed by atoms with E-state index in [0.717, 1.165) is 17.0 Å². The fourth-order valence-electron chi connectivity index (χ4n) is 2.79. The SMILES string of the molecule is O=C(O)C1Cc2[nH]cnc2C(c2ccc3c(c2)OCO3)N1. The van der Waals surface area contributed by atoms with Crippen molar-refractivity contribution < 1.29 is 19.4 Å². The van der Waals surface area contributed by atoms with E-state index in [1.807, 2.05) is 18.2 Å². The number of hydrogen-bond donors (Lipinski definition) is 3. The predicted molar refractivity (Wildman–Crippen MR) is 71.3 cm³/mol. The Balaban J connectivity index is 1.75. The van der Waals surface area contributed by atoms with Crippen LogP contribution in [0.15, 0.2) is 24.5 Å². The number of carboxylic acids is 1. The van der Waals surface area contributed by atoms with E-state index in [1.165, 1.54) is 0 Å². The van der Waals surface area contributed by atoms with Crippen LogP contribution < -0.4 is 14.8 Å². The summed E-state index contributed by atoms with van der Waals surface area (Å²) in [4.78, 5) is 18.7. The Labute approximate surface area is 119 Å². The van der Waals surface area contributed by atoms with Gasteiger partial charge in [-0.05, 0) is 17.7 Å². The fourth-order valence-corrected chi connectivity index (χ4v) is 2.79. The minimum atomic E-state index is -0.874. The first-order valence-electron chi connectivity index (χ1n) is 6.63. The minimum absolute atomic E-state index is 0.211. The average molecular weight is 287 g/mol. The molecular formula is C14H13N3O4. The Morgan fingerprint density at radius 2 is 2.19 bits per heavy atom. The van der Waals surface area contributed by atoms with Gasteiger partial charge in [0.05, 0.1) is 18.1 Å². The Kier molecular flexibility index (Phi) is 2.61. The molecule has 1 aromatic heterocycles. The van der Waals surface area contributed by atoms with Gasteiger partial charge < -0.3 is 19.6 Å². The van der Waals surface area contributed by atoms with Gasteiger partial charge in [-0.2, -0.15) is 0 Å². The first-order chi connectivity index (χ1) is 10.2. The number of nitrogens with zero attached hydrogens (tertiary/aromatic N) is 1. The lowest BCUT2D eigenvalue weighted by Crippen LogP contribution is -2.45. The molecule has 108 valence electrons. The summed E-state index contributed by atoms with van der Waals surface area (Å²) in [5, 5.41) is 12.4. The zero-order valence-corrected chi connectivity index (χ0v) is 11.0. The van der Waals surface area contributed by atoms with Crippen molar-refractivity contribution in [2.24, 2.45) is 0 Å². The molecule has 4 rings (SSSR count). The number of imidazole rings is 1. The molecule has 2 aliphatic rings. The molecule has 0 fully saturated rings. The smallest absolute Gasteiger partial charge is 0.321 e. The van der Waals surface area contributed by atoms with Crippen molar-refractivity contribution in [2.45, 2.75) is 18.5 Å². The van der Waals surface area contributed by atoms with Gasteiger partial charge in [0.15, 0.2) is 11.5 Å². The maximum Gasteiger partial charge on any atom is 0.321 e. The molecule has 0 saturated heterocycles. The molecular weight excluding hydrogens is 274 g/mol. The van der Waals surface area contributed by atoms with E-state index in [1.54, 1.807) is 6.33 Å². The van der Waals surface area contributed by atoms with Crippen molar-refractivity contribution in [2.75, 3.05) is 6.79 Å². The topological polar surface area (TPSA) is 96.5 Å². The van der Waals surface area contributed by atoms with Crippen LogP contribution in [0.1, 0.15) is 23.0 Å². The number of aromatic amines is 1. The van der Waals surface area contributed by atoms with Gasteiger partial charge in [-0.25, -0.2) is 4.98 Å². The highest BCUT2D eigenvalue weighted by Crippen LogP contribution is 2.37. The van der Waals surface area contributed by atoms with Crippen LogP contribution >= 0.6 is 0 Å². The lowest BCUT2D eigenvalue weighted by Gasteiger charge is -2.28. The summed E-state index contributed by atoms with van der Waals surface area (Å²) in [6.07, 6.45) is 1.99. The van der Waals surface area contributed by atoms with E-state index in [2.05, 4.69) is 15.3 Å². The third-order valence-electron chi connectivity index (χ3n) is 3.83. The summed E-state index contributed by atoms with van der Waals surface area (Å²) in [5.41, 5.74) is 2.58. The minimum Gasteiger partial charge on any atom is -0.480 e. The lowest BCUT2D eigenvalue weighted by atomic mass is 9.94. The molecule has 7 nitrogen and oxygen atoms in total. The number of carbonyl (C=O) groups is 1. The molecule has 2 atom stereocenters. The first-order valence-corrected chi connectivity index (χ1v) is 6.63. The summed E-state index contributed by atoms with van der Waals surface area (Å²) in [6.45, 7) is 0.211. The highest BCUT2D eigenvalue weighted by molar-refractivity contribution is 5.74.